The summed E-state index contributed by atoms with van der Waals surface area (Å²) in [6.45, 7) is 2.72. The fourth-order valence-electron chi connectivity index (χ4n) is 0.289. The van der Waals surface area contributed by atoms with E-state index in [0.29, 0.717) is 0 Å². The Morgan fingerprint density at radius 1 is 1.50 bits per heavy atom. The van der Waals surface area contributed by atoms with Gasteiger partial charge in [-0.05, 0) is 0 Å². The van der Waals surface area contributed by atoms with Crippen LogP contribution in [0.2, 0.25) is 0 Å². The second-order valence-electron chi connectivity index (χ2n) is 0.952. The molecule has 0 unspecified atom stereocenters. The molecule has 0 aromatic carbocycles. The van der Waals surface area contributed by atoms with E-state index in [9.17, 15) is 0 Å². The normalized spacial score (nSPS) is 16.0. The summed E-state index contributed by atoms with van der Waals surface area (Å²) in [6.07, 6.45) is 1.04. The van der Waals surface area contributed by atoms with E-state index in [1.165, 1.54) is 0 Å². The van der Waals surface area contributed by atoms with Crippen molar-refractivity contribution in [2.75, 3.05) is 6.54 Å². The molecule has 0 aliphatic carbocycles. The summed E-state index contributed by atoms with van der Waals surface area (Å²) in [4.78, 5) is 0. The molecule has 0 fully saturated rings. The van der Waals surface area contributed by atoms with Gasteiger partial charge in [0.15, 0.2) is 0 Å². The Hall–Kier alpha value is 0.470. The molecular weight excluding hydrogens is 87.0 g/mol. The van der Waals surface area contributed by atoms with Gasteiger partial charge in [-0.25, -0.2) is 5.11 Å². The van der Waals surface area contributed by atoms with Crippen LogP contribution in [0.15, 0.2) is 10.2 Å². The van der Waals surface area contributed by atoms with Crippen molar-refractivity contribution in [2.24, 2.45) is 10.2 Å². The van der Waals surface area contributed by atoms with Crippen molar-refractivity contribution in [1.82, 2.24) is 0 Å². The van der Waals surface area contributed by atoms with Crippen molar-refractivity contribution in [3.63, 3.8) is 0 Å². The molecule has 0 atom stereocenters. The molecule has 0 amide bonds. The van der Waals surface area contributed by atoms with E-state index in [2.05, 4.69) is 10.2 Å². The van der Waals surface area contributed by atoms with Crippen molar-refractivity contribution < 1.29 is 29.6 Å². The molecule has 0 aromatic rings. The Balaban J connectivity index is 0.000000250. The molecule has 0 aromatic heterocycles. The van der Waals surface area contributed by atoms with E-state index in [-0.39, 0.29) is 29.6 Å². The molecule has 3 heteroatoms. The maximum atomic E-state index is 3.65. The maximum Gasteiger partial charge on any atom is 1.00 e. The average molecular weight is 92.1 g/mol. The van der Waals surface area contributed by atoms with Crippen molar-refractivity contribution in [3.8, 4) is 0 Å². The third-order valence-electron chi connectivity index (χ3n) is 0.521. The van der Waals surface area contributed by atoms with Gasteiger partial charge in [0.05, 0.1) is 0 Å². The Morgan fingerprint density at radius 3 is 2.50 bits per heavy atom. The first kappa shape index (κ1) is 6.47. The van der Waals surface area contributed by atoms with E-state index in [4.69, 9.17) is 0 Å². The van der Waals surface area contributed by atoms with Crippen molar-refractivity contribution in [3.05, 3.63) is 6.54 Å². The minimum Gasteiger partial charge on any atom is -0.356 e. The van der Waals surface area contributed by atoms with Gasteiger partial charge in [0.2, 0.25) is 0 Å². The van der Waals surface area contributed by atoms with Crippen LogP contribution >= 0.6 is 0 Å². The van der Waals surface area contributed by atoms with Gasteiger partial charge in [-0.15, -0.1) is 6.42 Å². The molecule has 1 aliphatic heterocycles. The van der Waals surface area contributed by atoms with Crippen LogP contribution in [0, 0.1) is 6.54 Å². The third kappa shape index (κ3) is 1.80. The largest absolute Gasteiger partial charge is 1.00 e. The first-order valence-corrected chi connectivity index (χ1v) is 1.68. The molecule has 2 nitrogen and oxygen atoms in total. The zero-order chi connectivity index (χ0) is 3.54. The summed E-state index contributed by atoms with van der Waals surface area (Å²) < 4.78 is 0. The van der Waals surface area contributed by atoms with Gasteiger partial charge in [0.1, 0.15) is 0 Å². The third-order valence-corrected chi connectivity index (χ3v) is 0.521. The van der Waals surface area contributed by atoms with Gasteiger partial charge >= 0.3 is 29.6 Å². The molecule has 6 heavy (non-hydrogen) atoms. The van der Waals surface area contributed by atoms with Crippen LogP contribution < -0.4 is 29.6 Å². The molecule has 0 saturated carbocycles. The fourth-order valence-corrected chi connectivity index (χ4v) is 0.289. The van der Waals surface area contributed by atoms with Gasteiger partial charge in [0.25, 0.3) is 0 Å². The standard InChI is InChI=1S/C3H5N2.Na/c1-2-4-5-3-1;/h2H,1,3H2;/q-1;+1. The van der Waals surface area contributed by atoms with Crippen LogP contribution in [-0.2, 0) is 0 Å². The molecule has 0 saturated heterocycles. The second kappa shape index (κ2) is 3.65. The Labute approximate surface area is 59.3 Å². The van der Waals surface area contributed by atoms with Crippen LogP contribution in [0.3, 0.4) is 0 Å². The number of azo groups is 1. The summed E-state index contributed by atoms with van der Waals surface area (Å²) in [5, 5.41) is 7.24. The van der Waals surface area contributed by atoms with Gasteiger partial charge in [-0.2, -0.15) is 0 Å². The second-order valence-corrected chi connectivity index (χ2v) is 0.952. The average Bonchev–Trinajstić information content (AvgIpc) is 1.76. The molecular formula is C3H5N2Na. The van der Waals surface area contributed by atoms with E-state index in [0.717, 1.165) is 13.0 Å². The SMILES string of the molecule is [CH-]1CCN=N1.[Na+]. The van der Waals surface area contributed by atoms with E-state index >= 15 is 0 Å². The molecule has 1 rings (SSSR count). The summed E-state index contributed by atoms with van der Waals surface area (Å²) >= 11 is 0. The molecule has 0 N–H and O–H groups in total. The topological polar surface area (TPSA) is 24.7 Å². The van der Waals surface area contributed by atoms with Crippen LogP contribution in [0.5, 0.6) is 0 Å². The maximum absolute atomic E-state index is 3.65. The van der Waals surface area contributed by atoms with Crippen molar-refractivity contribution in [2.45, 2.75) is 6.42 Å². The Kier molecular flexibility index (Phi) is 3.94. The zero-order valence-electron chi connectivity index (χ0n) is 3.89. The van der Waals surface area contributed by atoms with E-state index < -0.39 is 0 Å². The predicted molar refractivity (Wildman–Crippen MR) is 18.6 cm³/mol. The summed E-state index contributed by atoms with van der Waals surface area (Å²) in [7, 11) is 0. The van der Waals surface area contributed by atoms with Gasteiger partial charge in [-0.1, -0.05) is 0 Å². The molecule has 0 spiro atoms. The van der Waals surface area contributed by atoms with Gasteiger partial charge in [0, 0.05) is 6.54 Å². The molecule has 1 heterocycles. The van der Waals surface area contributed by atoms with E-state index in [1.54, 1.807) is 0 Å². The minimum atomic E-state index is 0. The zero-order valence-corrected chi connectivity index (χ0v) is 5.89. The molecule has 1 aliphatic rings. The van der Waals surface area contributed by atoms with Gasteiger partial charge in [-0.3, -0.25) is 6.54 Å². The molecule has 0 radical (unpaired) electrons. The van der Waals surface area contributed by atoms with Crippen LogP contribution in [0.4, 0.5) is 0 Å². The Bertz CT molecular complexity index is 46.8. The van der Waals surface area contributed by atoms with Crippen molar-refractivity contribution >= 4 is 0 Å². The molecule has 28 valence electrons. The predicted octanol–water partition coefficient (Wildman–Crippen LogP) is -1.99. The smallest absolute Gasteiger partial charge is 0.356 e. The number of rotatable bonds is 0. The molecule has 0 bridgehead atoms. The number of nitrogens with zero attached hydrogens (tertiary/aromatic N) is 2. The van der Waals surface area contributed by atoms with Crippen LogP contribution in [0.1, 0.15) is 6.42 Å². The van der Waals surface area contributed by atoms with Crippen molar-refractivity contribution in [1.29, 1.82) is 0 Å². The summed E-state index contributed by atoms with van der Waals surface area (Å²) in [6, 6.07) is 0. The van der Waals surface area contributed by atoms with Gasteiger partial charge < -0.3 is 5.11 Å². The summed E-state index contributed by atoms with van der Waals surface area (Å²) in [5.74, 6) is 0. The first-order chi connectivity index (χ1) is 2.50. The fraction of sp³-hybridized carbons (Fsp3) is 0.667. The van der Waals surface area contributed by atoms with Crippen LogP contribution in [0.25, 0.3) is 0 Å². The Morgan fingerprint density at radius 2 is 2.33 bits per heavy atom. The minimum absolute atomic E-state index is 0. The monoisotopic (exact) mass is 92.0 g/mol. The first-order valence-electron chi connectivity index (χ1n) is 1.68. The summed E-state index contributed by atoms with van der Waals surface area (Å²) in [5.41, 5.74) is 0. The number of hydrogen-bond donors (Lipinski definition) is 0. The quantitative estimate of drug-likeness (QED) is 0.244. The van der Waals surface area contributed by atoms with E-state index in [1.807, 2.05) is 6.54 Å². The number of hydrogen-bond acceptors (Lipinski definition) is 2. The van der Waals surface area contributed by atoms with Crippen LogP contribution in [-0.4, -0.2) is 6.54 Å².